The van der Waals surface area contributed by atoms with Crippen molar-refractivity contribution in [3.8, 4) is 11.5 Å². The Bertz CT molecular complexity index is 444. The number of nitrogens with two attached hydrogens (primary N) is 1. The maximum absolute atomic E-state index is 6.09. The first-order chi connectivity index (χ1) is 9.34. The van der Waals surface area contributed by atoms with E-state index in [0.29, 0.717) is 17.2 Å². The zero-order valence-corrected chi connectivity index (χ0v) is 13.1. The fraction of sp³-hybridized carbons (Fsp3) is 0.647. The van der Waals surface area contributed by atoms with Crippen LogP contribution in [0.25, 0.3) is 0 Å². The fourth-order valence-electron chi connectivity index (χ4n) is 2.69. The maximum Gasteiger partial charge on any atom is 0.125 e. The van der Waals surface area contributed by atoms with Crippen LogP contribution >= 0.6 is 0 Å². The number of hydrogen-bond donors (Lipinski definition) is 1. The first-order valence-electron chi connectivity index (χ1n) is 7.58. The Morgan fingerprint density at radius 2 is 1.70 bits per heavy atom. The van der Waals surface area contributed by atoms with Gasteiger partial charge in [0.2, 0.25) is 0 Å². The molecule has 0 amide bonds. The molecule has 0 radical (unpaired) electrons. The summed E-state index contributed by atoms with van der Waals surface area (Å²) in [4.78, 5) is 0. The summed E-state index contributed by atoms with van der Waals surface area (Å²) >= 11 is 0. The van der Waals surface area contributed by atoms with E-state index in [1.807, 2.05) is 32.0 Å². The van der Waals surface area contributed by atoms with E-state index in [9.17, 15) is 0 Å². The van der Waals surface area contributed by atoms with Crippen LogP contribution in [0.5, 0.6) is 11.5 Å². The van der Waals surface area contributed by atoms with Crippen LogP contribution in [-0.4, -0.2) is 12.2 Å². The largest absolute Gasteiger partial charge is 0.491 e. The molecule has 1 saturated carbocycles. The molecular weight excluding hydrogens is 250 g/mol. The van der Waals surface area contributed by atoms with E-state index in [2.05, 4.69) is 13.8 Å². The highest BCUT2D eigenvalue weighted by Gasteiger charge is 2.27. The van der Waals surface area contributed by atoms with Crippen molar-refractivity contribution in [2.24, 2.45) is 5.41 Å². The summed E-state index contributed by atoms with van der Waals surface area (Å²) in [5, 5.41) is 0. The molecule has 0 bridgehead atoms. The molecule has 20 heavy (non-hydrogen) atoms. The molecule has 2 rings (SSSR count). The van der Waals surface area contributed by atoms with Gasteiger partial charge in [0.1, 0.15) is 11.5 Å². The van der Waals surface area contributed by atoms with Crippen molar-refractivity contribution in [1.82, 2.24) is 0 Å². The van der Waals surface area contributed by atoms with E-state index in [1.165, 1.54) is 12.8 Å². The van der Waals surface area contributed by atoms with Crippen LogP contribution in [-0.2, 0) is 0 Å². The smallest absolute Gasteiger partial charge is 0.125 e. The molecular formula is C17H27NO2. The fourth-order valence-corrected chi connectivity index (χ4v) is 2.69. The molecule has 1 aromatic rings. The van der Waals surface area contributed by atoms with Gasteiger partial charge in [-0.2, -0.15) is 0 Å². The van der Waals surface area contributed by atoms with Crippen LogP contribution in [0.2, 0.25) is 0 Å². The number of hydrogen-bond acceptors (Lipinski definition) is 3. The van der Waals surface area contributed by atoms with Crippen LogP contribution in [0.3, 0.4) is 0 Å². The summed E-state index contributed by atoms with van der Waals surface area (Å²) in [6.07, 6.45) is 5.10. The third kappa shape index (κ3) is 4.32. The summed E-state index contributed by atoms with van der Waals surface area (Å²) in [6, 6.07) is 5.67. The molecule has 2 N–H and O–H groups in total. The molecule has 1 aliphatic carbocycles. The Labute approximate surface area is 122 Å². The zero-order chi connectivity index (χ0) is 14.8. The molecule has 3 nitrogen and oxygen atoms in total. The number of nitrogen functional groups attached to an aromatic ring is 1. The van der Waals surface area contributed by atoms with Gasteiger partial charge in [0.15, 0.2) is 0 Å². The van der Waals surface area contributed by atoms with Crippen LogP contribution < -0.4 is 15.2 Å². The Kier molecular flexibility index (Phi) is 4.46. The minimum absolute atomic E-state index is 0.139. The summed E-state index contributed by atoms with van der Waals surface area (Å²) in [5.74, 6) is 1.61. The second-order valence-corrected chi connectivity index (χ2v) is 6.89. The molecule has 0 aliphatic heterocycles. The molecule has 1 aliphatic rings. The van der Waals surface area contributed by atoms with Crippen molar-refractivity contribution in [1.29, 1.82) is 0 Å². The number of ether oxygens (including phenoxy) is 2. The van der Waals surface area contributed by atoms with Crippen LogP contribution in [0, 0.1) is 5.41 Å². The van der Waals surface area contributed by atoms with E-state index in [0.717, 1.165) is 24.3 Å². The standard InChI is InChI=1S/C17H27NO2/c1-12(2)19-15-9-13(18)10-16(11-15)20-14-5-7-17(3,4)8-6-14/h9-12,14H,5-8,18H2,1-4H3. The highest BCUT2D eigenvalue weighted by atomic mass is 16.5. The third-order valence-corrected chi connectivity index (χ3v) is 3.86. The lowest BCUT2D eigenvalue weighted by molar-refractivity contribution is 0.0984. The van der Waals surface area contributed by atoms with Crippen LogP contribution in [0.15, 0.2) is 18.2 Å². The van der Waals surface area contributed by atoms with E-state index >= 15 is 0 Å². The second kappa shape index (κ2) is 5.94. The molecule has 0 atom stereocenters. The van der Waals surface area contributed by atoms with Crippen molar-refractivity contribution in [3.63, 3.8) is 0 Å². The van der Waals surface area contributed by atoms with E-state index in [-0.39, 0.29) is 6.10 Å². The Morgan fingerprint density at radius 1 is 1.10 bits per heavy atom. The van der Waals surface area contributed by atoms with Gasteiger partial charge < -0.3 is 15.2 Å². The van der Waals surface area contributed by atoms with E-state index in [4.69, 9.17) is 15.2 Å². The van der Waals surface area contributed by atoms with Crippen molar-refractivity contribution in [2.75, 3.05) is 5.73 Å². The molecule has 0 unspecified atom stereocenters. The second-order valence-electron chi connectivity index (χ2n) is 6.89. The monoisotopic (exact) mass is 277 g/mol. The first kappa shape index (κ1) is 15.0. The van der Waals surface area contributed by atoms with Gasteiger partial charge >= 0.3 is 0 Å². The van der Waals surface area contributed by atoms with Gasteiger partial charge in [-0.25, -0.2) is 0 Å². The van der Waals surface area contributed by atoms with E-state index < -0.39 is 0 Å². The molecule has 0 saturated heterocycles. The lowest BCUT2D eigenvalue weighted by Crippen LogP contribution is -2.28. The average molecular weight is 277 g/mol. The van der Waals surface area contributed by atoms with Gasteiger partial charge in [-0.05, 0) is 44.9 Å². The quantitative estimate of drug-likeness (QED) is 0.829. The zero-order valence-electron chi connectivity index (χ0n) is 13.1. The van der Waals surface area contributed by atoms with Crippen molar-refractivity contribution in [3.05, 3.63) is 18.2 Å². The topological polar surface area (TPSA) is 44.5 Å². The van der Waals surface area contributed by atoms with Gasteiger partial charge in [-0.15, -0.1) is 0 Å². The Hall–Kier alpha value is -1.38. The van der Waals surface area contributed by atoms with Crippen molar-refractivity contribution < 1.29 is 9.47 Å². The summed E-state index contributed by atoms with van der Waals surface area (Å²) in [5.41, 5.74) is 7.07. The van der Waals surface area contributed by atoms with E-state index in [1.54, 1.807) is 0 Å². The van der Waals surface area contributed by atoms with Crippen LogP contribution in [0.1, 0.15) is 53.4 Å². The maximum atomic E-state index is 6.09. The van der Waals surface area contributed by atoms with Gasteiger partial charge in [-0.1, -0.05) is 13.8 Å². The highest BCUT2D eigenvalue weighted by Crippen LogP contribution is 2.37. The average Bonchev–Trinajstić information content (AvgIpc) is 2.30. The lowest BCUT2D eigenvalue weighted by atomic mass is 9.76. The predicted molar refractivity (Wildman–Crippen MR) is 83.3 cm³/mol. The summed E-state index contributed by atoms with van der Waals surface area (Å²) < 4.78 is 11.8. The first-order valence-corrected chi connectivity index (χ1v) is 7.58. The Morgan fingerprint density at radius 3 is 2.30 bits per heavy atom. The van der Waals surface area contributed by atoms with Gasteiger partial charge in [0.05, 0.1) is 12.2 Å². The summed E-state index contributed by atoms with van der Waals surface area (Å²) in [6.45, 7) is 8.68. The minimum atomic E-state index is 0.139. The van der Waals surface area contributed by atoms with Crippen molar-refractivity contribution in [2.45, 2.75) is 65.6 Å². The lowest BCUT2D eigenvalue weighted by Gasteiger charge is -2.34. The molecule has 0 aromatic heterocycles. The van der Waals surface area contributed by atoms with Gasteiger partial charge in [0.25, 0.3) is 0 Å². The van der Waals surface area contributed by atoms with Crippen molar-refractivity contribution >= 4 is 5.69 Å². The number of anilines is 1. The number of benzene rings is 1. The molecule has 0 spiro atoms. The van der Waals surface area contributed by atoms with Gasteiger partial charge in [-0.3, -0.25) is 0 Å². The SMILES string of the molecule is CC(C)Oc1cc(N)cc(OC2CCC(C)(C)CC2)c1. The third-order valence-electron chi connectivity index (χ3n) is 3.86. The Balaban J connectivity index is 2.00. The normalized spacial score (nSPS) is 19.1. The predicted octanol–water partition coefficient (Wildman–Crippen LogP) is 4.40. The van der Waals surface area contributed by atoms with Crippen LogP contribution in [0.4, 0.5) is 5.69 Å². The molecule has 1 fully saturated rings. The molecule has 3 heteroatoms. The number of rotatable bonds is 4. The minimum Gasteiger partial charge on any atom is -0.491 e. The van der Waals surface area contributed by atoms with Gasteiger partial charge in [0, 0.05) is 23.9 Å². The highest BCUT2D eigenvalue weighted by molar-refractivity contribution is 5.50. The molecule has 1 aromatic carbocycles. The molecule has 112 valence electrons. The summed E-state index contributed by atoms with van der Waals surface area (Å²) in [7, 11) is 0. The molecule has 0 heterocycles.